The fourth-order valence-electron chi connectivity index (χ4n) is 3.75. The largest absolute Gasteiger partial charge is 0.497 e. The highest BCUT2D eigenvalue weighted by Gasteiger charge is 2.29. The van der Waals surface area contributed by atoms with Crippen molar-refractivity contribution in [2.24, 2.45) is 10.9 Å². The summed E-state index contributed by atoms with van der Waals surface area (Å²) in [4.78, 5) is 18.6. The monoisotopic (exact) mass is 442 g/mol. The molecule has 0 spiro atoms. The van der Waals surface area contributed by atoms with Crippen molar-refractivity contribution in [2.75, 3.05) is 40.3 Å². The molecule has 1 atom stereocenters. The summed E-state index contributed by atoms with van der Waals surface area (Å²) in [6.45, 7) is 2.99. The van der Waals surface area contributed by atoms with Gasteiger partial charge >= 0.3 is 0 Å². The SMILES string of the molecule is CN=C(NCCc1ccc(OC)cc1Cl)NCC1CC(=O)N(CCc2ccccc2)C1. The fourth-order valence-corrected chi connectivity index (χ4v) is 4.02. The summed E-state index contributed by atoms with van der Waals surface area (Å²) in [5.41, 5.74) is 2.32. The Bertz CT molecular complexity index is 888. The molecule has 1 amide bonds. The van der Waals surface area contributed by atoms with Gasteiger partial charge in [-0.3, -0.25) is 9.79 Å². The molecule has 2 aromatic carbocycles. The number of carbonyl (C=O) groups excluding carboxylic acids is 1. The van der Waals surface area contributed by atoms with Gasteiger partial charge in [-0.15, -0.1) is 0 Å². The molecule has 0 radical (unpaired) electrons. The van der Waals surface area contributed by atoms with E-state index in [9.17, 15) is 4.79 Å². The molecule has 7 heteroatoms. The molecule has 1 saturated heterocycles. The summed E-state index contributed by atoms with van der Waals surface area (Å²) in [6, 6.07) is 16.0. The van der Waals surface area contributed by atoms with E-state index in [0.29, 0.717) is 18.0 Å². The highest BCUT2D eigenvalue weighted by molar-refractivity contribution is 6.31. The number of hydrogen-bond donors (Lipinski definition) is 2. The molecule has 1 aliphatic heterocycles. The number of guanidine groups is 1. The second-order valence-electron chi connectivity index (χ2n) is 7.73. The van der Waals surface area contributed by atoms with Crippen LogP contribution in [0.15, 0.2) is 53.5 Å². The number of halogens is 1. The Balaban J connectivity index is 1.39. The second-order valence-corrected chi connectivity index (χ2v) is 8.14. The van der Waals surface area contributed by atoms with Gasteiger partial charge < -0.3 is 20.3 Å². The number of nitrogens with zero attached hydrogens (tertiary/aromatic N) is 2. The van der Waals surface area contributed by atoms with Gasteiger partial charge in [0.05, 0.1) is 7.11 Å². The zero-order valence-electron chi connectivity index (χ0n) is 18.2. The summed E-state index contributed by atoms with van der Waals surface area (Å²) in [5, 5.41) is 7.37. The van der Waals surface area contributed by atoms with Gasteiger partial charge in [-0.05, 0) is 36.1 Å². The molecule has 3 rings (SSSR count). The number of rotatable bonds is 9. The van der Waals surface area contributed by atoms with Gasteiger partial charge in [0.1, 0.15) is 5.75 Å². The van der Waals surface area contributed by atoms with Crippen LogP contribution in [-0.4, -0.2) is 57.1 Å². The predicted molar refractivity (Wildman–Crippen MR) is 126 cm³/mol. The van der Waals surface area contributed by atoms with E-state index in [0.717, 1.165) is 49.7 Å². The van der Waals surface area contributed by atoms with Gasteiger partial charge in [0, 0.05) is 50.6 Å². The van der Waals surface area contributed by atoms with Crippen LogP contribution in [0.25, 0.3) is 0 Å². The second kappa shape index (κ2) is 11.6. The van der Waals surface area contributed by atoms with Crippen LogP contribution < -0.4 is 15.4 Å². The molecule has 31 heavy (non-hydrogen) atoms. The lowest BCUT2D eigenvalue weighted by atomic mass is 10.1. The van der Waals surface area contributed by atoms with Crippen LogP contribution in [0.2, 0.25) is 5.02 Å². The Morgan fingerprint density at radius 3 is 2.71 bits per heavy atom. The summed E-state index contributed by atoms with van der Waals surface area (Å²) in [7, 11) is 3.38. The number of ether oxygens (including phenoxy) is 1. The number of nitrogens with one attached hydrogen (secondary N) is 2. The molecule has 1 unspecified atom stereocenters. The Hall–Kier alpha value is -2.73. The molecule has 0 bridgehead atoms. The number of carbonyl (C=O) groups is 1. The number of hydrogen-bond acceptors (Lipinski definition) is 3. The number of benzene rings is 2. The summed E-state index contributed by atoms with van der Waals surface area (Å²) >= 11 is 6.31. The predicted octanol–water partition coefficient (Wildman–Crippen LogP) is 3.15. The molecular weight excluding hydrogens is 412 g/mol. The molecule has 0 saturated carbocycles. The Kier molecular flexibility index (Phi) is 8.59. The van der Waals surface area contributed by atoms with Crippen LogP contribution in [0.4, 0.5) is 0 Å². The van der Waals surface area contributed by atoms with E-state index in [2.05, 4.69) is 27.8 Å². The number of methoxy groups -OCH3 is 1. The maximum absolute atomic E-state index is 12.4. The van der Waals surface area contributed by atoms with Crippen molar-refractivity contribution in [1.29, 1.82) is 0 Å². The van der Waals surface area contributed by atoms with Crippen LogP contribution >= 0.6 is 11.6 Å². The van der Waals surface area contributed by atoms with E-state index in [1.165, 1.54) is 5.56 Å². The molecule has 6 nitrogen and oxygen atoms in total. The van der Waals surface area contributed by atoms with Crippen molar-refractivity contribution in [3.05, 3.63) is 64.7 Å². The molecule has 1 heterocycles. The highest BCUT2D eigenvalue weighted by atomic mass is 35.5. The topological polar surface area (TPSA) is 66.0 Å². The third-order valence-electron chi connectivity index (χ3n) is 5.54. The third-order valence-corrected chi connectivity index (χ3v) is 5.89. The first-order chi connectivity index (χ1) is 15.1. The smallest absolute Gasteiger partial charge is 0.223 e. The van der Waals surface area contributed by atoms with Crippen LogP contribution in [0.1, 0.15) is 17.5 Å². The number of amides is 1. The zero-order valence-corrected chi connectivity index (χ0v) is 19.0. The highest BCUT2D eigenvalue weighted by Crippen LogP contribution is 2.22. The minimum absolute atomic E-state index is 0.236. The summed E-state index contributed by atoms with van der Waals surface area (Å²) < 4.78 is 5.19. The minimum atomic E-state index is 0.236. The zero-order chi connectivity index (χ0) is 22.1. The van der Waals surface area contributed by atoms with Crippen LogP contribution in [0, 0.1) is 5.92 Å². The molecule has 2 N–H and O–H groups in total. The van der Waals surface area contributed by atoms with Crippen LogP contribution in [-0.2, 0) is 17.6 Å². The maximum atomic E-state index is 12.4. The Labute approximate surface area is 189 Å². The van der Waals surface area contributed by atoms with Gasteiger partial charge in [0.25, 0.3) is 0 Å². The van der Waals surface area contributed by atoms with E-state index < -0.39 is 0 Å². The molecule has 0 aromatic heterocycles. The van der Waals surface area contributed by atoms with Crippen molar-refractivity contribution in [1.82, 2.24) is 15.5 Å². The van der Waals surface area contributed by atoms with E-state index in [-0.39, 0.29) is 11.8 Å². The van der Waals surface area contributed by atoms with Gasteiger partial charge in [0.2, 0.25) is 5.91 Å². The van der Waals surface area contributed by atoms with Crippen molar-refractivity contribution < 1.29 is 9.53 Å². The lowest BCUT2D eigenvalue weighted by molar-refractivity contribution is -0.127. The Morgan fingerprint density at radius 1 is 1.19 bits per heavy atom. The molecule has 1 aliphatic rings. The van der Waals surface area contributed by atoms with Crippen molar-refractivity contribution in [3.8, 4) is 5.75 Å². The van der Waals surface area contributed by atoms with Gasteiger partial charge in [-0.1, -0.05) is 48.0 Å². The summed E-state index contributed by atoms with van der Waals surface area (Å²) in [5.74, 6) is 2.01. The standard InChI is InChI=1S/C24H31ClN4O2/c1-26-24(27-12-10-20-8-9-21(31-2)15-22(20)25)28-16-19-14-23(30)29(17-19)13-11-18-6-4-3-5-7-18/h3-9,15,19H,10-14,16-17H2,1-2H3,(H2,26,27,28). The Morgan fingerprint density at radius 2 is 2.00 bits per heavy atom. The molecule has 2 aromatic rings. The van der Waals surface area contributed by atoms with Crippen molar-refractivity contribution in [2.45, 2.75) is 19.3 Å². The first-order valence-electron chi connectivity index (χ1n) is 10.7. The first-order valence-corrected chi connectivity index (χ1v) is 11.1. The molecule has 0 aliphatic carbocycles. The first kappa shape index (κ1) is 22.9. The van der Waals surface area contributed by atoms with E-state index >= 15 is 0 Å². The fraction of sp³-hybridized carbons (Fsp3) is 0.417. The van der Waals surface area contributed by atoms with E-state index in [1.54, 1.807) is 14.2 Å². The minimum Gasteiger partial charge on any atom is -0.497 e. The maximum Gasteiger partial charge on any atom is 0.223 e. The molecule has 166 valence electrons. The normalized spacial score (nSPS) is 16.5. The summed E-state index contributed by atoms with van der Waals surface area (Å²) in [6.07, 6.45) is 2.25. The lowest BCUT2D eigenvalue weighted by Crippen LogP contribution is -2.41. The van der Waals surface area contributed by atoms with Gasteiger partial charge in [-0.25, -0.2) is 0 Å². The average molecular weight is 443 g/mol. The van der Waals surface area contributed by atoms with E-state index in [1.807, 2.05) is 41.3 Å². The quantitative estimate of drug-likeness (QED) is 0.462. The lowest BCUT2D eigenvalue weighted by Gasteiger charge is -2.18. The number of likely N-dealkylation sites (tertiary alicyclic amines) is 1. The number of aliphatic imine (C=N–C) groups is 1. The van der Waals surface area contributed by atoms with Crippen LogP contribution in [0.5, 0.6) is 5.75 Å². The van der Waals surface area contributed by atoms with E-state index in [4.69, 9.17) is 16.3 Å². The van der Waals surface area contributed by atoms with Gasteiger partial charge in [0.15, 0.2) is 5.96 Å². The van der Waals surface area contributed by atoms with Crippen LogP contribution in [0.3, 0.4) is 0 Å². The molecule has 1 fully saturated rings. The third kappa shape index (κ3) is 6.89. The molecular formula is C24H31ClN4O2. The average Bonchev–Trinajstić information content (AvgIpc) is 3.15. The van der Waals surface area contributed by atoms with Gasteiger partial charge in [-0.2, -0.15) is 0 Å². The van der Waals surface area contributed by atoms with Crippen molar-refractivity contribution in [3.63, 3.8) is 0 Å². The van der Waals surface area contributed by atoms with Crippen molar-refractivity contribution >= 4 is 23.5 Å².